The first-order valence-electron chi connectivity index (χ1n) is 6.26. The molecule has 0 saturated carbocycles. The Kier molecular flexibility index (Phi) is 4.35. The van der Waals surface area contributed by atoms with Crippen molar-refractivity contribution in [1.82, 2.24) is 20.3 Å². The van der Waals surface area contributed by atoms with Gasteiger partial charge in [0.1, 0.15) is 18.0 Å². The van der Waals surface area contributed by atoms with Crippen molar-refractivity contribution in [3.63, 3.8) is 0 Å². The Morgan fingerprint density at radius 2 is 2.05 bits per heavy atom. The van der Waals surface area contributed by atoms with E-state index in [-0.39, 0.29) is 0 Å². The quantitative estimate of drug-likeness (QED) is 0.818. The van der Waals surface area contributed by atoms with Crippen LogP contribution in [0.4, 0.5) is 17.3 Å². The lowest BCUT2D eigenvalue weighted by molar-refractivity contribution is 0.760. The summed E-state index contributed by atoms with van der Waals surface area (Å²) in [6, 6.07) is 4.00. The van der Waals surface area contributed by atoms with Crippen LogP contribution in [0, 0.1) is 0 Å². The molecule has 19 heavy (non-hydrogen) atoms. The van der Waals surface area contributed by atoms with Gasteiger partial charge >= 0.3 is 0 Å². The van der Waals surface area contributed by atoms with Crippen LogP contribution >= 0.6 is 0 Å². The SMILES string of the molecule is CNCCN(C)c1cc(N(C)c2cc[nH]c2)ncn1. The van der Waals surface area contributed by atoms with E-state index in [2.05, 4.69) is 25.2 Å². The molecule has 102 valence electrons. The molecule has 0 saturated heterocycles. The van der Waals surface area contributed by atoms with Crippen molar-refractivity contribution in [2.75, 3.05) is 44.0 Å². The molecule has 0 amide bonds. The Morgan fingerprint density at radius 1 is 1.26 bits per heavy atom. The van der Waals surface area contributed by atoms with Crippen molar-refractivity contribution in [2.24, 2.45) is 0 Å². The summed E-state index contributed by atoms with van der Waals surface area (Å²) in [5.74, 6) is 1.79. The number of hydrogen-bond acceptors (Lipinski definition) is 5. The van der Waals surface area contributed by atoms with Crippen LogP contribution in [0.5, 0.6) is 0 Å². The lowest BCUT2D eigenvalue weighted by Crippen LogP contribution is -2.28. The van der Waals surface area contributed by atoms with Gasteiger partial charge in [0, 0.05) is 45.6 Å². The highest BCUT2D eigenvalue weighted by Gasteiger charge is 2.09. The number of nitrogens with zero attached hydrogens (tertiary/aromatic N) is 4. The second kappa shape index (κ2) is 6.19. The maximum absolute atomic E-state index is 4.32. The highest BCUT2D eigenvalue weighted by atomic mass is 15.2. The van der Waals surface area contributed by atoms with Crippen LogP contribution in [0.25, 0.3) is 0 Å². The third kappa shape index (κ3) is 3.23. The van der Waals surface area contributed by atoms with Crippen LogP contribution in [0.3, 0.4) is 0 Å². The highest BCUT2D eigenvalue weighted by molar-refractivity contribution is 5.60. The topological polar surface area (TPSA) is 60.1 Å². The first kappa shape index (κ1) is 13.4. The van der Waals surface area contributed by atoms with Gasteiger partial charge in [-0.15, -0.1) is 0 Å². The van der Waals surface area contributed by atoms with Gasteiger partial charge in [-0.25, -0.2) is 9.97 Å². The summed E-state index contributed by atoms with van der Waals surface area (Å²) in [5, 5.41) is 3.13. The standard InChI is InChI=1S/C13H20N6/c1-14-6-7-18(2)12-8-13(17-10-16-12)19(3)11-4-5-15-9-11/h4-5,8-10,14-15H,6-7H2,1-3H3. The van der Waals surface area contributed by atoms with E-state index < -0.39 is 0 Å². The molecule has 2 heterocycles. The summed E-state index contributed by atoms with van der Waals surface area (Å²) < 4.78 is 0. The van der Waals surface area contributed by atoms with E-state index in [0.29, 0.717) is 0 Å². The molecule has 0 aliphatic carbocycles. The fraction of sp³-hybridized carbons (Fsp3) is 0.385. The van der Waals surface area contributed by atoms with Crippen molar-refractivity contribution < 1.29 is 0 Å². The predicted octanol–water partition coefficient (Wildman–Crippen LogP) is 1.23. The van der Waals surface area contributed by atoms with Gasteiger partial charge in [0.05, 0.1) is 5.69 Å². The number of likely N-dealkylation sites (N-methyl/N-ethyl adjacent to an activating group) is 2. The molecule has 2 rings (SSSR count). The molecule has 2 N–H and O–H groups in total. The summed E-state index contributed by atoms with van der Waals surface area (Å²) in [7, 11) is 5.96. The Morgan fingerprint density at radius 3 is 2.74 bits per heavy atom. The first-order valence-corrected chi connectivity index (χ1v) is 6.26. The Labute approximate surface area is 113 Å². The smallest absolute Gasteiger partial charge is 0.138 e. The van der Waals surface area contributed by atoms with Crippen molar-refractivity contribution in [1.29, 1.82) is 0 Å². The molecule has 0 fully saturated rings. The maximum Gasteiger partial charge on any atom is 0.138 e. The van der Waals surface area contributed by atoms with Crippen LogP contribution in [0.15, 0.2) is 30.9 Å². The number of nitrogens with one attached hydrogen (secondary N) is 2. The Balaban J connectivity index is 2.15. The zero-order valence-corrected chi connectivity index (χ0v) is 11.6. The highest BCUT2D eigenvalue weighted by Crippen LogP contribution is 2.22. The van der Waals surface area contributed by atoms with Crippen LogP contribution < -0.4 is 15.1 Å². The van der Waals surface area contributed by atoms with Gasteiger partial charge in [-0.1, -0.05) is 0 Å². The average Bonchev–Trinajstić information content (AvgIpc) is 2.98. The molecule has 2 aromatic rings. The third-order valence-electron chi connectivity index (χ3n) is 3.04. The van der Waals surface area contributed by atoms with Gasteiger partial charge in [-0.2, -0.15) is 0 Å². The number of aromatic nitrogens is 3. The van der Waals surface area contributed by atoms with Crippen LogP contribution in [-0.2, 0) is 0 Å². The maximum atomic E-state index is 4.32. The van der Waals surface area contributed by atoms with Gasteiger partial charge in [0.25, 0.3) is 0 Å². The van der Waals surface area contributed by atoms with E-state index in [9.17, 15) is 0 Å². The minimum Gasteiger partial charge on any atom is -0.366 e. The predicted molar refractivity (Wildman–Crippen MR) is 78.1 cm³/mol. The van der Waals surface area contributed by atoms with Crippen LogP contribution in [-0.4, -0.2) is 49.2 Å². The number of hydrogen-bond donors (Lipinski definition) is 2. The normalized spacial score (nSPS) is 10.5. The largest absolute Gasteiger partial charge is 0.366 e. The second-order valence-corrected chi connectivity index (χ2v) is 4.39. The number of anilines is 3. The summed E-state index contributed by atoms with van der Waals surface area (Å²) in [5.41, 5.74) is 1.07. The monoisotopic (exact) mass is 260 g/mol. The van der Waals surface area contributed by atoms with Gasteiger partial charge in [0.15, 0.2) is 0 Å². The molecule has 6 nitrogen and oxygen atoms in total. The fourth-order valence-electron chi connectivity index (χ4n) is 1.78. The Bertz CT molecular complexity index is 496. The van der Waals surface area contributed by atoms with Gasteiger partial charge in [-0.05, 0) is 13.1 Å². The van der Waals surface area contributed by atoms with Crippen molar-refractivity contribution >= 4 is 17.3 Å². The molecule has 0 aromatic carbocycles. The molecule has 0 aliphatic rings. The van der Waals surface area contributed by atoms with Gasteiger partial charge in [-0.3, -0.25) is 0 Å². The van der Waals surface area contributed by atoms with E-state index in [1.54, 1.807) is 6.33 Å². The molecule has 0 spiro atoms. The van der Waals surface area contributed by atoms with Crippen molar-refractivity contribution in [2.45, 2.75) is 0 Å². The van der Waals surface area contributed by atoms with Crippen molar-refractivity contribution in [3.8, 4) is 0 Å². The minimum atomic E-state index is 0.876. The Hall–Kier alpha value is -2.08. The number of aromatic amines is 1. The van der Waals surface area contributed by atoms with E-state index >= 15 is 0 Å². The van der Waals surface area contributed by atoms with Gasteiger partial charge in [0.2, 0.25) is 0 Å². The molecular formula is C13H20N6. The molecular weight excluding hydrogens is 240 g/mol. The van der Waals surface area contributed by atoms with E-state index in [4.69, 9.17) is 0 Å². The third-order valence-corrected chi connectivity index (χ3v) is 3.04. The molecule has 0 atom stereocenters. The molecule has 0 aliphatic heterocycles. The summed E-state index contributed by atoms with van der Waals surface area (Å²) in [6.07, 6.45) is 5.43. The van der Waals surface area contributed by atoms with E-state index in [0.717, 1.165) is 30.4 Å². The minimum absolute atomic E-state index is 0.876. The summed E-state index contributed by atoms with van der Waals surface area (Å²) in [6.45, 7) is 1.82. The van der Waals surface area contributed by atoms with E-state index in [1.165, 1.54) is 0 Å². The summed E-state index contributed by atoms with van der Waals surface area (Å²) in [4.78, 5) is 15.8. The molecule has 6 heteroatoms. The number of rotatable bonds is 6. The zero-order valence-electron chi connectivity index (χ0n) is 11.6. The summed E-state index contributed by atoms with van der Waals surface area (Å²) >= 11 is 0. The second-order valence-electron chi connectivity index (χ2n) is 4.39. The number of H-pyrrole nitrogens is 1. The van der Waals surface area contributed by atoms with Crippen LogP contribution in [0.1, 0.15) is 0 Å². The van der Waals surface area contributed by atoms with E-state index in [1.807, 2.05) is 50.6 Å². The molecule has 0 unspecified atom stereocenters. The van der Waals surface area contributed by atoms with Crippen LogP contribution in [0.2, 0.25) is 0 Å². The molecule has 0 radical (unpaired) electrons. The first-order chi connectivity index (χ1) is 9.22. The van der Waals surface area contributed by atoms with Gasteiger partial charge < -0.3 is 20.1 Å². The zero-order chi connectivity index (χ0) is 13.7. The van der Waals surface area contributed by atoms with Crippen molar-refractivity contribution in [3.05, 3.63) is 30.9 Å². The molecule has 0 bridgehead atoms. The lowest BCUT2D eigenvalue weighted by Gasteiger charge is -2.21. The fourth-order valence-corrected chi connectivity index (χ4v) is 1.78. The average molecular weight is 260 g/mol. The molecule has 2 aromatic heterocycles. The lowest BCUT2D eigenvalue weighted by atomic mass is 10.4.